The number of ether oxygens (including phenoxy) is 2. The molecular weight excluding hydrogens is 268 g/mol. The lowest BCUT2D eigenvalue weighted by atomic mass is 10.2. The monoisotopic (exact) mass is 284 g/mol. The van der Waals surface area contributed by atoms with E-state index in [-0.39, 0.29) is 11.5 Å². The first-order valence-corrected chi connectivity index (χ1v) is 7.38. The molecule has 0 N–H and O–H groups in total. The number of carbonyl (C=O) groups is 1. The van der Waals surface area contributed by atoms with Crippen molar-refractivity contribution >= 4 is 15.0 Å². The van der Waals surface area contributed by atoms with E-state index in [9.17, 15) is 13.2 Å². The number of benzene rings is 1. The molecule has 1 saturated heterocycles. The van der Waals surface area contributed by atoms with Gasteiger partial charge in [-0.2, -0.15) is 0 Å². The third-order valence-electron chi connectivity index (χ3n) is 2.87. The minimum atomic E-state index is -4.03. The summed E-state index contributed by atoms with van der Waals surface area (Å²) in [6.07, 6.45) is -1.07. The molecule has 1 heterocycles. The van der Waals surface area contributed by atoms with Crippen molar-refractivity contribution in [3.05, 3.63) is 29.8 Å². The first-order chi connectivity index (χ1) is 8.72. The van der Waals surface area contributed by atoms with Crippen LogP contribution in [0.4, 0.5) is 0 Å². The fourth-order valence-corrected chi connectivity index (χ4v) is 3.00. The maximum atomic E-state index is 12.2. The molecule has 0 radical (unpaired) electrons. The van der Waals surface area contributed by atoms with Crippen LogP contribution in [0.2, 0.25) is 0 Å². The van der Waals surface area contributed by atoms with Gasteiger partial charge in [-0.15, -0.1) is 0 Å². The predicted octanol–water partition coefficient (Wildman–Crippen LogP) is 1.45. The summed E-state index contributed by atoms with van der Waals surface area (Å²) in [6, 6.07) is 6.14. The predicted molar refractivity (Wildman–Crippen MR) is 68.3 cm³/mol. The summed E-state index contributed by atoms with van der Waals surface area (Å²) in [5, 5.41) is -0.957. The van der Waals surface area contributed by atoms with Crippen LogP contribution in [0.1, 0.15) is 19.4 Å². The molecule has 1 aliphatic heterocycles. The second-order valence-electron chi connectivity index (χ2n) is 4.95. The summed E-state index contributed by atoms with van der Waals surface area (Å²) in [6.45, 7) is 5.07. The number of hydrogen-bond acceptors (Lipinski definition) is 5. The summed E-state index contributed by atoms with van der Waals surface area (Å²) < 4.78 is 34.8. The zero-order chi connectivity index (χ0) is 14.3. The summed E-state index contributed by atoms with van der Waals surface area (Å²) >= 11 is 0. The number of aryl methyl sites for hydroxylation is 1. The fourth-order valence-electron chi connectivity index (χ4n) is 1.81. The van der Waals surface area contributed by atoms with Crippen molar-refractivity contribution in [2.45, 2.75) is 37.6 Å². The minimum absolute atomic E-state index is 0.0172. The number of hydrogen-bond donors (Lipinski definition) is 0. The van der Waals surface area contributed by atoms with E-state index in [1.807, 2.05) is 6.92 Å². The van der Waals surface area contributed by atoms with Gasteiger partial charge < -0.3 is 9.47 Å². The van der Waals surface area contributed by atoms with Gasteiger partial charge in [0.2, 0.25) is 9.84 Å². The Labute approximate surface area is 112 Å². The van der Waals surface area contributed by atoms with Gasteiger partial charge in [0.1, 0.15) is 0 Å². The van der Waals surface area contributed by atoms with Crippen molar-refractivity contribution in [2.24, 2.45) is 0 Å². The van der Waals surface area contributed by atoms with Crippen LogP contribution in [-0.2, 0) is 24.1 Å². The second-order valence-corrected chi connectivity index (χ2v) is 6.83. The van der Waals surface area contributed by atoms with Crippen molar-refractivity contribution in [1.82, 2.24) is 0 Å². The van der Waals surface area contributed by atoms with E-state index in [0.717, 1.165) is 5.56 Å². The highest BCUT2D eigenvalue weighted by molar-refractivity contribution is 8.06. The molecule has 1 aromatic rings. The zero-order valence-corrected chi connectivity index (χ0v) is 11.9. The Morgan fingerprint density at radius 3 is 2.32 bits per heavy atom. The van der Waals surface area contributed by atoms with Crippen molar-refractivity contribution in [1.29, 1.82) is 0 Å². The van der Waals surface area contributed by atoms with Crippen LogP contribution in [0.5, 0.6) is 0 Å². The molecule has 6 heteroatoms. The Morgan fingerprint density at radius 1 is 1.26 bits per heavy atom. The van der Waals surface area contributed by atoms with Crippen molar-refractivity contribution in [3.63, 3.8) is 0 Å². The van der Waals surface area contributed by atoms with E-state index in [4.69, 9.17) is 9.47 Å². The van der Waals surface area contributed by atoms with Crippen LogP contribution in [-0.4, -0.2) is 32.0 Å². The topological polar surface area (TPSA) is 69.7 Å². The first kappa shape index (κ1) is 14.2. The molecule has 1 atom stereocenters. The van der Waals surface area contributed by atoms with Gasteiger partial charge in [-0.05, 0) is 32.9 Å². The molecule has 5 nitrogen and oxygen atoms in total. The van der Waals surface area contributed by atoms with Gasteiger partial charge in [0.15, 0.2) is 11.9 Å². The SMILES string of the molecule is Cc1ccc(S(=O)(=O)C(=O)C2COC(C)(C)O2)cc1. The average Bonchev–Trinajstić information content (AvgIpc) is 2.69. The number of sulfone groups is 1. The molecule has 1 aromatic carbocycles. The third-order valence-corrected chi connectivity index (χ3v) is 4.55. The van der Waals surface area contributed by atoms with E-state index < -0.39 is 26.8 Å². The van der Waals surface area contributed by atoms with E-state index >= 15 is 0 Å². The molecule has 0 saturated carbocycles. The fraction of sp³-hybridized carbons (Fsp3) is 0.462. The average molecular weight is 284 g/mol. The van der Waals surface area contributed by atoms with Crippen LogP contribution in [0.25, 0.3) is 0 Å². The largest absolute Gasteiger partial charge is 0.347 e. The van der Waals surface area contributed by atoms with Gasteiger partial charge in [-0.3, -0.25) is 4.79 Å². The van der Waals surface area contributed by atoms with Gasteiger partial charge in [-0.1, -0.05) is 17.7 Å². The zero-order valence-electron chi connectivity index (χ0n) is 11.0. The summed E-state index contributed by atoms with van der Waals surface area (Å²) in [5.74, 6) is -0.927. The van der Waals surface area contributed by atoms with Crippen molar-refractivity contribution < 1.29 is 22.7 Å². The minimum Gasteiger partial charge on any atom is -0.347 e. The Kier molecular flexibility index (Phi) is 3.51. The lowest BCUT2D eigenvalue weighted by Crippen LogP contribution is -2.32. The number of carbonyl (C=O) groups excluding carboxylic acids is 1. The molecule has 0 aromatic heterocycles. The molecular formula is C13H16O5S. The van der Waals surface area contributed by atoms with Gasteiger partial charge in [0.05, 0.1) is 11.5 Å². The van der Waals surface area contributed by atoms with Crippen LogP contribution in [0.3, 0.4) is 0 Å². The summed E-state index contributed by atoms with van der Waals surface area (Å²) in [7, 11) is -4.03. The highest BCUT2D eigenvalue weighted by Crippen LogP contribution is 2.25. The molecule has 0 spiro atoms. The lowest BCUT2D eigenvalue weighted by molar-refractivity contribution is -0.147. The standard InChI is InChI=1S/C13H16O5S/c1-9-4-6-10(7-5-9)19(15,16)12(14)11-8-17-13(2,3)18-11/h4-7,11H,8H2,1-3H3. The van der Waals surface area contributed by atoms with E-state index in [1.165, 1.54) is 12.1 Å². The molecule has 0 amide bonds. The molecule has 1 aliphatic rings. The highest BCUT2D eigenvalue weighted by Gasteiger charge is 2.42. The van der Waals surface area contributed by atoms with Gasteiger partial charge in [-0.25, -0.2) is 8.42 Å². The third kappa shape index (κ3) is 2.86. The maximum absolute atomic E-state index is 12.2. The van der Waals surface area contributed by atoms with Crippen LogP contribution in [0, 0.1) is 6.92 Å². The van der Waals surface area contributed by atoms with Gasteiger partial charge >= 0.3 is 0 Å². The van der Waals surface area contributed by atoms with Crippen molar-refractivity contribution in [3.8, 4) is 0 Å². The normalized spacial score (nSPS) is 22.4. The summed E-state index contributed by atoms with van der Waals surface area (Å²) in [5.41, 5.74) is 0.924. The smallest absolute Gasteiger partial charge is 0.282 e. The van der Waals surface area contributed by atoms with Crippen molar-refractivity contribution in [2.75, 3.05) is 6.61 Å². The molecule has 104 valence electrons. The lowest BCUT2D eigenvalue weighted by Gasteiger charge is -2.16. The molecule has 0 bridgehead atoms. The Morgan fingerprint density at radius 2 is 1.84 bits per heavy atom. The molecule has 1 fully saturated rings. The van der Waals surface area contributed by atoms with Gasteiger partial charge in [0.25, 0.3) is 5.12 Å². The highest BCUT2D eigenvalue weighted by atomic mass is 32.2. The van der Waals surface area contributed by atoms with E-state index in [1.54, 1.807) is 26.0 Å². The quantitative estimate of drug-likeness (QED) is 0.822. The Balaban J connectivity index is 2.25. The van der Waals surface area contributed by atoms with Gasteiger partial charge in [0, 0.05) is 0 Å². The Bertz CT molecular complexity index is 586. The molecule has 0 aliphatic carbocycles. The molecule has 19 heavy (non-hydrogen) atoms. The van der Waals surface area contributed by atoms with Crippen LogP contribution >= 0.6 is 0 Å². The van der Waals surface area contributed by atoms with E-state index in [0.29, 0.717) is 0 Å². The first-order valence-electron chi connectivity index (χ1n) is 5.90. The van der Waals surface area contributed by atoms with E-state index in [2.05, 4.69) is 0 Å². The number of rotatable bonds is 2. The van der Waals surface area contributed by atoms with Crippen LogP contribution < -0.4 is 0 Å². The summed E-state index contributed by atoms with van der Waals surface area (Å²) in [4.78, 5) is 12.0. The second kappa shape index (κ2) is 4.70. The Hall–Kier alpha value is -1.24. The maximum Gasteiger partial charge on any atom is 0.282 e. The molecule has 1 unspecified atom stereocenters. The molecule has 2 rings (SSSR count). The van der Waals surface area contributed by atoms with Crippen LogP contribution in [0.15, 0.2) is 29.2 Å².